The highest BCUT2D eigenvalue weighted by Gasteiger charge is 1.94. The quantitative estimate of drug-likeness (QED) is 0.691. The predicted octanol–water partition coefficient (Wildman–Crippen LogP) is 1.73. The molecule has 0 bridgehead atoms. The second kappa shape index (κ2) is 2.31. The van der Waals surface area contributed by atoms with Crippen molar-refractivity contribution in [2.45, 2.75) is 13.3 Å². The number of aromatic amines is 1. The first kappa shape index (κ1) is 5.82. The summed E-state index contributed by atoms with van der Waals surface area (Å²) in [5.74, 6) is 0. The average Bonchev–Trinajstić information content (AvgIpc) is 2.14. The van der Waals surface area contributed by atoms with Gasteiger partial charge < -0.3 is 0 Å². The van der Waals surface area contributed by atoms with Crippen molar-refractivity contribution < 1.29 is 0 Å². The highest BCUT2D eigenvalue weighted by molar-refractivity contribution is 9.10. The molecule has 0 aliphatic heterocycles. The Kier molecular flexibility index (Phi) is 1.68. The number of aryl methyl sites for hydroxylation is 1. The third-order valence-corrected chi connectivity index (χ3v) is 1.70. The van der Waals surface area contributed by atoms with Crippen molar-refractivity contribution in [3.63, 3.8) is 0 Å². The fourth-order valence-corrected chi connectivity index (χ4v) is 1.02. The van der Waals surface area contributed by atoms with Crippen molar-refractivity contribution in [2.24, 2.45) is 0 Å². The molecule has 0 spiro atoms. The zero-order valence-electron chi connectivity index (χ0n) is 4.61. The molecule has 0 unspecified atom stereocenters. The van der Waals surface area contributed by atoms with Gasteiger partial charge in [0.15, 0.2) is 0 Å². The minimum Gasteiger partial charge on any atom is -0.281 e. The Labute approximate surface area is 56.4 Å². The summed E-state index contributed by atoms with van der Waals surface area (Å²) >= 11 is 3.33. The highest BCUT2D eigenvalue weighted by Crippen LogP contribution is 2.11. The van der Waals surface area contributed by atoms with Crippen molar-refractivity contribution in [3.8, 4) is 0 Å². The number of hydrogen-bond donors (Lipinski definition) is 1. The fraction of sp³-hybridized carbons (Fsp3) is 0.400. The summed E-state index contributed by atoms with van der Waals surface area (Å²) in [6, 6.07) is 0. The van der Waals surface area contributed by atoms with Crippen LogP contribution < -0.4 is 0 Å². The molecular formula is C5H7BrN2. The van der Waals surface area contributed by atoms with Gasteiger partial charge in [-0.05, 0) is 22.4 Å². The molecule has 0 amide bonds. The molecule has 1 heterocycles. The molecule has 0 saturated heterocycles. The molecule has 1 rings (SSSR count). The Hall–Kier alpha value is -0.310. The van der Waals surface area contributed by atoms with Crippen molar-refractivity contribution in [2.75, 3.05) is 0 Å². The summed E-state index contributed by atoms with van der Waals surface area (Å²) in [5.41, 5.74) is 1.16. The Morgan fingerprint density at radius 2 is 2.62 bits per heavy atom. The SMILES string of the molecule is CCc1[nH]ncc1Br. The molecule has 2 nitrogen and oxygen atoms in total. The molecule has 0 radical (unpaired) electrons. The van der Waals surface area contributed by atoms with Gasteiger partial charge in [0.1, 0.15) is 0 Å². The summed E-state index contributed by atoms with van der Waals surface area (Å²) in [6.45, 7) is 2.08. The second-order valence-electron chi connectivity index (χ2n) is 1.55. The number of nitrogens with one attached hydrogen (secondary N) is 1. The van der Waals surface area contributed by atoms with E-state index in [-0.39, 0.29) is 0 Å². The summed E-state index contributed by atoms with van der Waals surface area (Å²) < 4.78 is 1.07. The van der Waals surface area contributed by atoms with Gasteiger partial charge in [0.2, 0.25) is 0 Å². The molecule has 0 aromatic carbocycles. The van der Waals surface area contributed by atoms with Gasteiger partial charge in [0, 0.05) is 5.69 Å². The number of rotatable bonds is 1. The molecule has 3 heteroatoms. The summed E-state index contributed by atoms with van der Waals surface area (Å²) in [4.78, 5) is 0. The van der Waals surface area contributed by atoms with Crippen molar-refractivity contribution in [3.05, 3.63) is 16.4 Å². The van der Waals surface area contributed by atoms with Gasteiger partial charge in [-0.3, -0.25) is 5.10 Å². The van der Waals surface area contributed by atoms with Crippen LogP contribution in [0.4, 0.5) is 0 Å². The lowest BCUT2D eigenvalue weighted by atomic mass is 10.3. The Bertz CT molecular complexity index is 171. The molecule has 1 aromatic rings. The Balaban J connectivity index is 2.92. The molecule has 0 fully saturated rings. The summed E-state index contributed by atoms with van der Waals surface area (Å²) in [7, 11) is 0. The van der Waals surface area contributed by atoms with Crippen LogP contribution in [0.2, 0.25) is 0 Å². The Morgan fingerprint density at radius 3 is 2.88 bits per heavy atom. The highest BCUT2D eigenvalue weighted by atomic mass is 79.9. The molecule has 44 valence electrons. The largest absolute Gasteiger partial charge is 0.281 e. The first-order chi connectivity index (χ1) is 3.84. The van der Waals surface area contributed by atoms with Crippen molar-refractivity contribution in [1.29, 1.82) is 0 Å². The van der Waals surface area contributed by atoms with E-state index in [0.717, 1.165) is 16.6 Å². The molecule has 1 N–H and O–H groups in total. The van der Waals surface area contributed by atoms with Gasteiger partial charge in [-0.25, -0.2) is 0 Å². The van der Waals surface area contributed by atoms with E-state index in [1.807, 2.05) is 0 Å². The maximum Gasteiger partial charge on any atom is 0.0632 e. The third-order valence-electron chi connectivity index (χ3n) is 1.02. The standard InChI is InChI=1S/C5H7BrN2/c1-2-5-4(6)3-7-8-5/h3H,2H2,1H3,(H,7,8). The van der Waals surface area contributed by atoms with Crippen LogP contribution in [0.25, 0.3) is 0 Å². The zero-order chi connectivity index (χ0) is 5.98. The van der Waals surface area contributed by atoms with Gasteiger partial charge in [-0.2, -0.15) is 5.10 Å². The molecule has 0 atom stereocenters. The first-order valence-corrected chi connectivity index (χ1v) is 3.31. The van der Waals surface area contributed by atoms with Crippen LogP contribution >= 0.6 is 15.9 Å². The van der Waals surface area contributed by atoms with E-state index < -0.39 is 0 Å². The van der Waals surface area contributed by atoms with Crippen LogP contribution in [-0.2, 0) is 6.42 Å². The molecule has 0 aliphatic rings. The van der Waals surface area contributed by atoms with Gasteiger partial charge in [0.05, 0.1) is 10.7 Å². The fourth-order valence-electron chi connectivity index (χ4n) is 0.546. The number of hydrogen-bond acceptors (Lipinski definition) is 1. The maximum atomic E-state index is 3.82. The molecule has 1 aromatic heterocycles. The van der Waals surface area contributed by atoms with Crippen LogP contribution in [0.5, 0.6) is 0 Å². The van der Waals surface area contributed by atoms with Crippen LogP contribution in [0, 0.1) is 0 Å². The summed E-state index contributed by atoms with van der Waals surface area (Å²) in [6.07, 6.45) is 2.76. The molecular weight excluding hydrogens is 168 g/mol. The lowest BCUT2D eigenvalue weighted by molar-refractivity contribution is 0.972. The van der Waals surface area contributed by atoms with Gasteiger partial charge in [0.25, 0.3) is 0 Å². The monoisotopic (exact) mass is 174 g/mol. The van der Waals surface area contributed by atoms with Crippen molar-refractivity contribution >= 4 is 15.9 Å². The minimum absolute atomic E-state index is 1.00. The first-order valence-electron chi connectivity index (χ1n) is 2.52. The lowest BCUT2D eigenvalue weighted by Gasteiger charge is -1.85. The van der Waals surface area contributed by atoms with E-state index >= 15 is 0 Å². The topological polar surface area (TPSA) is 28.7 Å². The zero-order valence-corrected chi connectivity index (χ0v) is 6.20. The number of nitrogens with zero attached hydrogens (tertiary/aromatic N) is 1. The van der Waals surface area contributed by atoms with Crippen LogP contribution in [0.15, 0.2) is 10.7 Å². The molecule has 0 saturated carbocycles. The Morgan fingerprint density at radius 1 is 1.88 bits per heavy atom. The van der Waals surface area contributed by atoms with Gasteiger partial charge >= 0.3 is 0 Å². The van der Waals surface area contributed by atoms with Crippen LogP contribution in [0.3, 0.4) is 0 Å². The minimum atomic E-state index is 1.00. The summed E-state index contributed by atoms with van der Waals surface area (Å²) in [5, 5.41) is 6.68. The number of H-pyrrole nitrogens is 1. The normalized spacial score (nSPS) is 9.75. The van der Waals surface area contributed by atoms with E-state index in [1.165, 1.54) is 0 Å². The lowest BCUT2D eigenvalue weighted by Crippen LogP contribution is -1.78. The third kappa shape index (κ3) is 0.916. The van der Waals surface area contributed by atoms with Crippen LogP contribution in [-0.4, -0.2) is 10.2 Å². The maximum absolute atomic E-state index is 3.82. The van der Waals surface area contributed by atoms with E-state index in [4.69, 9.17) is 0 Å². The van der Waals surface area contributed by atoms with E-state index in [0.29, 0.717) is 0 Å². The predicted molar refractivity (Wildman–Crippen MR) is 35.7 cm³/mol. The number of aromatic nitrogens is 2. The van der Waals surface area contributed by atoms with Gasteiger partial charge in [-0.1, -0.05) is 6.92 Å². The van der Waals surface area contributed by atoms with Crippen LogP contribution in [0.1, 0.15) is 12.6 Å². The molecule has 8 heavy (non-hydrogen) atoms. The number of halogens is 1. The average molecular weight is 175 g/mol. The van der Waals surface area contributed by atoms with E-state index in [1.54, 1.807) is 6.20 Å². The smallest absolute Gasteiger partial charge is 0.0632 e. The second-order valence-corrected chi connectivity index (χ2v) is 2.40. The van der Waals surface area contributed by atoms with Crippen molar-refractivity contribution in [1.82, 2.24) is 10.2 Å². The van der Waals surface area contributed by atoms with E-state index in [9.17, 15) is 0 Å². The van der Waals surface area contributed by atoms with E-state index in [2.05, 4.69) is 33.1 Å². The molecule has 0 aliphatic carbocycles. The van der Waals surface area contributed by atoms with Gasteiger partial charge in [-0.15, -0.1) is 0 Å².